The minimum absolute atomic E-state index is 0.168. The van der Waals surface area contributed by atoms with Crippen LogP contribution in [0.3, 0.4) is 0 Å². The van der Waals surface area contributed by atoms with Gasteiger partial charge in [0.2, 0.25) is 0 Å². The maximum atomic E-state index is 13.5. The zero-order valence-electron chi connectivity index (χ0n) is 7.63. The molecule has 2 nitrogen and oxygen atoms in total. The number of rotatable bonds is 1. The SMILES string of the molecule is O=c1cc[nH]c(-c2ccc(Cl)cc2F)c1. The highest BCUT2D eigenvalue weighted by Gasteiger charge is 2.05. The smallest absolute Gasteiger partial charge is 0.182 e. The fourth-order valence-corrected chi connectivity index (χ4v) is 1.47. The molecule has 0 amide bonds. The van der Waals surface area contributed by atoms with Crippen LogP contribution < -0.4 is 5.43 Å². The van der Waals surface area contributed by atoms with E-state index in [1.54, 1.807) is 6.07 Å². The molecule has 0 radical (unpaired) electrons. The number of hydrogen-bond acceptors (Lipinski definition) is 1. The largest absolute Gasteiger partial charge is 0.361 e. The van der Waals surface area contributed by atoms with E-state index in [1.807, 2.05) is 0 Å². The third-order valence-corrected chi connectivity index (χ3v) is 2.23. The van der Waals surface area contributed by atoms with Gasteiger partial charge in [-0.3, -0.25) is 4.79 Å². The third kappa shape index (κ3) is 2.07. The second-order valence-corrected chi connectivity index (χ2v) is 3.50. The van der Waals surface area contributed by atoms with Crippen molar-refractivity contribution in [2.45, 2.75) is 0 Å². The molecule has 1 heterocycles. The van der Waals surface area contributed by atoms with Crippen LogP contribution in [0.25, 0.3) is 11.3 Å². The van der Waals surface area contributed by atoms with Gasteiger partial charge in [0.15, 0.2) is 5.43 Å². The van der Waals surface area contributed by atoms with Crippen molar-refractivity contribution in [3.63, 3.8) is 0 Å². The number of halogens is 2. The first-order chi connectivity index (χ1) is 7.16. The maximum absolute atomic E-state index is 13.5. The Kier molecular flexibility index (Phi) is 2.56. The summed E-state index contributed by atoms with van der Waals surface area (Å²) in [6.07, 6.45) is 1.48. The van der Waals surface area contributed by atoms with E-state index in [1.165, 1.54) is 30.5 Å². The monoisotopic (exact) mass is 223 g/mol. The van der Waals surface area contributed by atoms with Gasteiger partial charge in [0.1, 0.15) is 5.82 Å². The number of H-pyrrole nitrogens is 1. The summed E-state index contributed by atoms with van der Waals surface area (Å²) in [6.45, 7) is 0. The van der Waals surface area contributed by atoms with Gasteiger partial charge in [-0.25, -0.2) is 4.39 Å². The fraction of sp³-hybridized carbons (Fsp3) is 0. The Morgan fingerprint density at radius 3 is 2.67 bits per heavy atom. The van der Waals surface area contributed by atoms with E-state index in [9.17, 15) is 9.18 Å². The van der Waals surface area contributed by atoms with Crippen LogP contribution in [-0.4, -0.2) is 4.98 Å². The summed E-state index contributed by atoms with van der Waals surface area (Å²) in [4.78, 5) is 13.9. The number of pyridine rings is 1. The van der Waals surface area contributed by atoms with E-state index in [0.717, 1.165) is 0 Å². The van der Waals surface area contributed by atoms with Gasteiger partial charge >= 0.3 is 0 Å². The molecule has 15 heavy (non-hydrogen) atoms. The number of aromatic nitrogens is 1. The maximum Gasteiger partial charge on any atom is 0.182 e. The van der Waals surface area contributed by atoms with Gasteiger partial charge in [0.25, 0.3) is 0 Å². The summed E-state index contributed by atoms with van der Waals surface area (Å²) in [5, 5.41) is 0.328. The van der Waals surface area contributed by atoms with Gasteiger partial charge in [-0.15, -0.1) is 0 Å². The van der Waals surface area contributed by atoms with Crippen LogP contribution in [0, 0.1) is 5.82 Å². The van der Waals surface area contributed by atoms with E-state index < -0.39 is 5.82 Å². The van der Waals surface area contributed by atoms with Crippen LogP contribution >= 0.6 is 11.6 Å². The van der Waals surface area contributed by atoms with Crippen LogP contribution in [0.15, 0.2) is 41.3 Å². The van der Waals surface area contributed by atoms with Crippen LogP contribution in [0.5, 0.6) is 0 Å². The number of benzene rings is 1. The minimum atomic E-state index is -0.454. The highest BCUT2D eigenvalue weighted by atomic mass is 35.5. The normalized spacial score (nSPS) is 10.3. The van der Waals surface area contributed by atoms with E-state index in [2.05, 4.69) is 4.98 Å². The molecule has 0 unspecified atom stereocenters. The molecule has 2 aromatic rings. The first-order valence-electron chi connectivity index (χ1n) is 4.31. The van der Waals surface area contributed by atoms with Gasteiger partial charge in [0, 0.05) is 28.9 Å². The second-order valence-electron chi connectivity index (χ2n) is 3.06. The molecule has 0 fully saturated rings. The summed E-state index contributed by atoms with van der Waals surface area (Å²) in [7, 11) is 0. The predicted octanol–water partition coefficient (Wildman–Crippen LogP) is 2.83. The van der Waals surface area contributed by atoms with Crippen molar-refractivity contribution in [2.24, 2.45) is 0 Å². The quantitative estimate of drug-likeness (QED) is 0.792. The average Bonchev–Trinajstić information content (AvgIpc) is 2.17. The van der Waals surface area contributed by atoms with Crippen LogP contribution in [0.4, 0.5) is 4.39 Å². The lowest BCUT2D eigenvalue weighted by atomic mass is 10.1. The number of aromatic amines is 1. The molecular formula is C11H7ClFNO. The Labute approximate surface area is 90.3 Å². The average molecular weight is 224 g/mol. The Morgan fingerprint density at radius 1 is 1.20 bits per heavy atom. The first-order valence-corrected chi connectivity index (χ1v) is 4.69. The predicted molar refractivity (Wildman–Crippen MR) is 57.5 cm³/mol. The van der Waals surface area contributed by atoms with Gasteiger partial charge in [-0.05, 0) is 18.2 Å². The van der Waals surface area contributed by atoms with Gasteiger partial charge in [-0.2, -0.15) is 0 Å². The zero-order valence-corrected chi connectivity index (χ0v) is 8.38. The highest BCUT2D eigenvalue weighted by Crippen LogP contribution is 2.22. The molecule has 1 aromatic carbocycles. The van der Waals surface area contributed by atoms with Gasteiger partial charge < -0.3 is 4.98 Å². The molecular weight excluding hydrogens is 217 g/mol. The molecule has 1 N–H and O–H groups in total. The van der Waals surface area contributed by atoms with Crippen molar-refractivity contribution in [3.8, 4) is 11.3 Å². The van der Waals surface area contributed by atoms with Crippen molar-refractivity contribution >= 4 is 11.6 Å². The third-order valence-electron chi connectivity index (χ3n) is 1.99. The van der Waals surface area contributed by atoms with E-state index in [4.69, 9.17) is 11.6 Å². The molecule has 4 heteroatoms. The molecule has 0 atom stereocenters. The van der Waals surface area contributed by atoms with E-state index in [0.29, 0.717) is 16.3 Å². The summed E-state index contributed by atoms with van der Waals surface area (Å²) in [6, 6.07) is 7.03. The zero-order chi connectivity index (χ0) is 10.8. The topological polar surface area (TPSA) is 32.9 Å². The summed E-state index contributed by atoms with van der Waals surface area (Å²) >= 11 is 5.62. The molecule has 1 aromatic heterocycles. The van der Waals surface area contributed by atoms with Gasteiger partial charge in [-0.1, -0.05) is 11.6 Å². The molecule has 0 spiro atoms. The minimum Gasteiger partial charge on any atom is -0.361 e. The van der Waals surface area contributed by atoms with Crippen LogP contribution in [0.2, 0.25) is 5.02 Å². The lowest BCUT2D eigenvalue weighted by Gasteiger charge is -2.02. The van der Waals surface area contributed by atoms with E-state index >= 15 is 0 Å². The Bertz CT molecular complexity index is 550. The molecule has 0 bridgehead atoms. The standard InChI is InChI=1S/C11H7ClFNO/c12-7-1-2-9(10(13)5-7)11-6-8(15)3-4-14-11/h1-6H,(H,14,15). The van der Waals surface area contributed by atoms with Crippen molar-refractivity contribution in [1.29, 1.82) is 0 Å². The van der Waals surface area contributed by atoms with Crippen molar-refractivity contribution in [3.05, 3.63) is 57.6 Å². The molecule has 0 aliphatic heterocycles. The molecule has 0 saturated carbocycles. The molecule has 2 rings (SSSR count). The van der Waals surface area contributed by atoms with Crippen molar-refractivity contribution in [1.82, 2.24) is 4.98 Å². The number of nitrogens with one attached hydrogen (secondary N) is 1. The lowest BCUT2D eigenvalue weighted by molar-refractivity contribution is 0.631. The molecule has 76 valence electrons. The Morgan fingerprint density at radius 2 is 2.00 bits per heavy atom. The van der Waals surface area contributed by atoms with Gasteiger partial charge in [0.05, 0.1) is 5.69 Å². The summed E-state index contributed by atoms with van der Waals surface area (Å²) < 4.78 is 13.5. The lowest BCUT2D eigenvalue weighted by Crippen LogP contribution is -1.99. The Balaban J connectivity index is 2.59. The fourth-order valence-electron chi connectivity index (χ4n) is 1.31. The van der Waals surface area contributed by atoms with E-state index in [-0.39, 0.29) is 5.43 Å². The highest BCUT2D eigenvalue weighted by molar-refractivity contribution is 6.30. The summed E-state index contributed by atoms with van der Waals surface area (Å²) in [5.74, 6) is -0.454. The second kappa shape index (κ2) is 3.87. The van der Waals surface area contributed by atoms with Crippen molar-refractivity contribution < 1.29 is 4.39 Å². The molecule has 0 saturated heterocycles. The summed E-state index contributed by atoms with van der Waals surface area (Å²) in [5.41, 5.74) is 0.604. The number of hydrogen-bond donors (Lipinski definition) is 1. The van der Waals surface area contributed by atoms with Crippen LogP contribution in [-0.2, 0) is 0 Å². The molecule has 0 aliphatic rings. The van der Waals surface area contributed by atoms with Crippen LogP contribution in [0.1, 0.15) is 0 Å². The van der Waals surface area contributed by atoms with Crippen molar-refractivity contribution in [2.75, 3.05) is 0 Å². The molecule has 0 aliphatic carbocycles. The first kappa shape index (κ1) is 9.93. The Hall–Kier alpha value is -1.61.